The van der Waals surface area contributed by atoms with Gasteiger partial charge in [-0.2, -0.15) is 18.3 Å². The molecule has 11 heteroatoms. The molecule has 2 aromatic rings. The van der Waals surface area contributed by atoms with Crippen molar-refractivity contribution in [2.24, 2.45) is 0 Å². The van der Waals surface area contributed by atoms with Gasteiger partial charge in [0.25, 0.3) is 0 Å². The van der Waals surface area contributed by atoms with E-state index in [-0.39, 0.29) is 13.0 Å². The molecule has 0 aliphatic rings. The van der Waals surface area contributed by atoms with E-state index in [1.807, 2.05) is 24.3 Å². The maximum absolute atomic E-state index is 11.9. The molecule has 0 aliphatic carbocycles. The van der Waals surface area contributed by atoms with Crippen LogP contribution in [0.1, 0.15) is 12.0 Å². The van der Waals surface area contributed by atoms with Crippen LogP contribution in [0.25, 0.3) is 0 Å². The molecule has 1 aromatic carbocycles. The molecule has 0 saturated heterocycles. The van der Waals surface area contributed by atoms with Crippen LogP contribution in [0, 0.1) is 0 Å². The number of benzene rings is 1. The van der Waals surface area contributed by atoms with Crippen LogP contribution in [0.3, 0.4) is 0 Å². The van der Waals surface area contributed by atoms with Gasteiger partial charge in [-0.25, -0.2) is 9.48 Å². The second kappa shape index (κ2) is 9.40. The normalized spacial score (nSPS) is 11.1. The summed E-state index contributed by atoms with van der Waals surface area (Å²) in [6.45, 7) is -1.40. The van der Waals surface area contributed by atoms with E-state index in [0.29, 0.717) is 12.4 Å². The van der Waals surface area contributed by atoms with Crippen molar-refractivity contribution in [3.8, 4) is 0 Å². The Morgan fingerprint density at radius 2 is 1.89 bits per heavy atom. The van der Waals surface area contributed by atoms with Crippen LogP contribution < -0.4 is 10.6 Å². The number of amides is 2. The van der Waals surface area contributed by atoms with E-state index in [1.54, 1.807) is 10.7 Å². The van der Waals surface area contributed by atoms with Crippen LogP contribution in [0.2, 0.25) is 0 Å². The van der Waals surface area contributed by atoms with Gasteiger partial charge in [-0.05, 0) is 17.7 Å². The maximum Gasteiger partial charge on any atom is 0.422 e. The smallest absolute Gasteiger partial charge is 0.422 e. The van der Waals surface area contributed by atoms with Gasteiger partial charge >= 0.3 is 12.3 Å². The van der Waals surface area contributed by atoms with Gasteiger partial charge in [0.05, 0.1) is 12.7 Å². The number of ether oxygens (including phenoxy) is 1. The number of aromatic nitrogens is 2. The van der Waals surface area contributed by atoms with Crippen LogP contribution in [-0.2, 0) is 16.1 Å². The zero-order valence-electron chi connectivity index (χ0n) is 13.9. The molecule has 1 heterocycles. The number of carbonyl (C=O) groups is 2. The Bertz CT molecular complexity index is 778. The van der Waals surface area contributed by atoms with Gasteiger partial charge in [-0.15, -0.1) is 0 Å². The Morgan fingerprint density at radius 3 is 2.56 bits per heavy atom. The van der Waals surface area contributed by atoms with Crippen LogP contribution in [0.5, 0.6) is 0 Å². The minimum Gasteiger partial charge on any atom is -0.440 e. The molecular weight excluding hydrogens is 433 g/mol. The maximum atomic E-state index is 11.9. The van der Waals surface area contributed by atoms with Crippen molar-refractivity contribution in [1.29, 1.82) is 0 Å². The zero-order valence-corrected chi connectivity index (χ0v) is 15.5. The summed E-state index contributed by atoms with van der Waals surface area (Å²) < 4.78 is 42.2. The summed E-state index contributed by atoms with van der Waals surface area (Å²) >= 11 is 3.35. The lowest BCUT2D eigenvalue weighted by molar-refractivity contribution is -0.160. The largest absolute Gasteiger partial charge is 0.440 e. The average Bonchev–Trinajstić information content (AvgIpc) is 3.01. The van der Waals surface area contributed by atoms with Crippen LogP contribution in [0.4, 0.5) is 23.8 Å². The molecule has 0 atom stereocenters. The molecule has 0 bridgehead atoms. The molecule has 2 N–H and O–H groups in total. The first-order valence-corrected chi connectivity index (χ1v) is 8.56. The number of alkyl halides is 3. The Morgan fingerprint density at radius 1 is 1.19 bits per heavy atom. The van der Waals surface area contributed by atoms with Gasteiger partial charge in [0.15, 0.2) is 6.61 Å². The van der Waals surface area contributed by atoms with Crippen LogP contribution >= 0.6 is 15.9 Å². The molecular formula is C16H16BrF3N4O3. The summed E-state index contributed by atoms with van der Waals surface area (Å²) in [7, 11) is 0. The van der Waals surface area contributed by atoms with E-state index < -0.39 is 24.8 Å². The van der Waals surface area contributed by atoms with Crippen molar-refractivity contribution < 1.29 is 27.5 Å². The van der Waals surface area contributed by atoms with Crippen LogP contribution in [-0.4, -0.2) is 41.1 Å². The second-order valence-corrected chi connectivity index (χ2v) is 6.33. The number of nitrogens with one attached hydrogen (secondary N) is 2. The highest BCUT2D eigenvalue weighted by Crippen LogP contribution is 2.15. The molecule has 0 unspecified atom stereocenters. The lowest BCUT2D eigenvalue weighted by atomic mass is 10.2. The SMILES string of the molecule is O=C(CCNC(=O)OCC(F)(F)F)Nc1ccnn1Cc1ccc(Br)cc1. The van der Waals surface area contributed by atoms with E-state index in [0.717, 1.165) is 10.0 Å². The first-order valence-electron chi connectivity index (χ1n) is 7.76. The molecule has 0 aliphatic heterocycles. The fourth-order valence-electron chi connectivity index (χ4n) is 2.01. The quantitative estimate of drug-likeness (QED) is 0.680. The van der Waals surface area contributed by atoms with E-state index in [1.165, 1.54) is 6.20 Å². The summed E-state index contributed by atoms with van der Waals surface area (Å²) in [5.41, 5.74) is 0.978. The number of halogens is 4. The average molecular weight is 449 g/mol. The number of carbonyl (C=O) groups excluding carboxylic acids is 2. The summed E-state index contributed by atoms with van der Waals surface area (Å²) in [6.07, 6.45) is -4.44. The minimum atomic E-state index is -4.60. The van der Waals surface area contributed by atoms with E-state index in [4.69, 9.17) is 0 Å². The van der Waals surface area contributed by atoms with Gasteiger partial charge in [-0.3, -0.25) is 4.79 Å². The van der Waals surface area contributed by atoms with E-state index >= 15 is 0 Å². The molecule has 2 rings (SSSR count). The molecule has 2 amide bonds. The second-order valence-electron chi connectivity index (χ2n) is 5.42. The Kier molecular flexibility index (Phi) is 7.22. The highest BCUT2D eigenvalue weighted by molar-refractivity contribution is 9.10. The summed E-state index contributed by atoms with van der Waals surface area (Å²) in [6, 6.07) is 9.21. The fourth-order valence-corrected chi connectivity index (χ4v) is 2.27. The number of alkyl carbamates (subject to hydrolysis) is 1. The Labute approximate surface area is 161 Å². The van der Waals surface area contributed by atoms with Crippen molar-refractivity contribution in [3.63, 3.8) is 0 Å². The van der Waals surface area contributed by atoms with Crippen molar-refractivity contribution >= 4 is 33.7 Å². The number of nitrogens with zero attached hydrogens (tertiary/aromatic N) is 2. The highest BCUT2D eigenvalue weighted by Gasteiger charge is 2.29. The Balaban J connectivity index is 1.77. The van der Waals surface area contributed by atoms with Gasteiger partial charge in [0, 0.05) is 23.5 Å². The summed E-state index contributed by atoms with van der Waals surface area (Å²) in [5.74, 6) is 0.0336. The van der Waals surface area contributed by atoms with Gasteiger partial charge in [-0.1, -0.05) is 28.1 Å². The molecule has 1 aromatic heterocycles. The number of rotatable bonds is 7. The molecule has 0 saturated carbocycles. The van der Waals surface area contributed by atoms with Gasteiger partial charge < -0.3 is 15.4 Å². The van der Waals surface area contributed by atoms with Crippen LogP contribution in [0.15, 0.2) is 41.0 Å². The highest BCUT2D eigenvalue weighted by atomic mass is 79.9. The monoisotopic (exact) mass is 448 g/mol. The molecule has 0 spiro atoms. The molecule has 27 heavy (non-hydrogen) atoms. The van der Waals surface area contributed by atoms with Crippen molar-refractivity contribution in [3.05, 3.63) is 46.6 Å². The molecule has 0 radical (unpaired) electrons. The van der Waals surface area contributed by atoms with E-state index in [9.17, 15) is 22.8 Å². The van der Waals surface area contributed by atoms with Crippen molar-refractivity contribution in [2.45, 2.75) is 19.1 Å². The summed E-state index contributed by atoms with van der Waals surface area (Å²) in [5, 5.41) is 8.85. The number of hydrogen-bond acceptors (Lipinski definition) is 4. The zero-order chi connectivity index (χ0) is 19.9. The third-order valence-corrected chi connectivity index (χ3v) is 3.75. The van der Waals surface area contributed by atoms with Crippen molar-refractivity contribution in [2.75, 3.05) is 18.5 Å². The lowest BCUT2D eigenvalue weighted by Gasteiger charge is -2.10. The van der Waals surface area contributed by atoms with Gasteiger partial charge in [0.1, 0.15) is 5.82 Å². The first kappa shape index (κ1) is 20.7. The number of hydrogen-bond donors (Lipinski definition) is 2. The summed E-state index contributed by atoms with van der Waals surface area (Å²) in [4.78, 5) is 23.0. The molecule has 0 fully saturated rings. The predicted octanol–water partition coefficient (Wildman–Crippen LogP) is 3.31. The molecule has 146 valence electrons. The standard InChI is InChI=1S/C16H16BrF3N4O3/c17-12-3-1-11(2-4-12)9-24-13(5-8-22-24)23-14(25)6-7-21-15(26)27-10-16(18,19)20/h1-5,8H,6-7,9-10H2,(H,21,26)(H,23,25). The lowest BCUT2D eigenvalue weighted by Crippen LogP contribution is -2.31. The molecule has 7 nitrogen and oxygen atoms in total. The Hall–Kier alpha value is -2.56. The predicted molar refractivity (Wildman–Crippen MR) is 94.1 cm³/mol. The third-order valence-electron chi connectivity index (χ3n) is 3.22. The number of anilines is 1. The van der Waals surface area contributed by atoms with E-state index in [2.05, 4.69) is 36.4 Å². The minimum absolute atomic E-state index is 0.134. The first-order chi connectivity index (χ1) is 12.7. The third kappa shape index (κ3) is 7.69. The topological polar surface area (TPSA) is 85.2 Å². The van der Waals surface area contributed by atoms with Crippen molar-refractivity contribution in [1.82, 2.24) is 15.1 Å². The van der Waals surface area contributed by atoms with Gasteiger partial charge in [0.2, 0.25) is 5.91 Å². The fraction of sp³-hybridized carbons (Fsp3) is 0.312.